The summed E-state index contributed by atoms with van der Waals surface area (Å²) < 4.78 is 37.5. The molecule has 0 aliphatic heterocycles. The van der Waals surface area contributed by atoms with Gasteiger partial charge in [-0.15, -0.1) is 0 Å². The van der Waals surface area contributed by atoms with Gasteiger partial charge in [-0.3, -0.25) is 4.98 Å². The van der Waals surface area contributed by atoms with Crippen LogP contribution in [0.3, 0.4) is 0 Å². The summed E-state index contributed by atoms with van der Waals surface area (Å²) in [6, 6.07) is 5.30. The Bertz CT molecular complexity index is 535. The molecule has 0 saturated heterocycles. The molecule has 2 heterocycles. The molecular weight excluding hydrogens is 243 g/mol. The topological polar surface area (TPSA) is 51.8 Å². The first kappa shape index (κ1) is 12.3. The van der Waals surface area contributed by atoms with Crippen molar-refractivity contribution in [3.05, 3.63) is 53.5 Å². The van der Waals surface area contributed by atoms with E-state index in [1.165, 1.54) is 6.20 Å². The first-order chi connectivity index (χ1) is 8.45. The van der Waals surface area contributed by atoms with Crippen LogP contribution in [0.4, 0.5) is 19.0 Å². The maximum absolute atomic E-state index is 12.5. The van der Waals surface area contributed by atoms with E-state index < -0.39 is 11.7 Å². The van der Waals surface area contributed by atoms with Gasteiger partial charge in [0.1, 0.15) is 5.82 Å². The van der Waals surface area contributed by atoms with Gasteiger partial charge >= 0.3 is 6.18 Å². The number of alkyl halides is 3. The Kier molecular flexibility index (Phi) is 3.18. The van der Waals surface area contributed by atoms with E-state index in [0.29, 0.717) is 11.5 Å². The molecule has 0 radical (unpaired) electrons. The summed E-state index contributed by atoms with van der Waals surface area (Å²) in [7, 11) is 0. The molecule has 2 N–H and O–H groups in total. The Morgan fingerprint density at radius 2 is 1.89 bits per heavy atom. The second-order valence-electron chi connectivity index (χ2n) is 3.80. The lowest BCUT2D eigenvalue weighted by molar-refractivity contribution is -0.137. The number of hydrogen-bond acceptors (Lipinski definition) is 3. The van der Waals surface area contributed by atoms with Crippen molar-refractivity contribution in [2.24, 2.45) is 0 Å². The third-order valence-electron chi connectivity index (χ3n) is 2.38. The van der Waals surface area contributed by atoms with Crippen LogP contribution < -0.4 is 5.73 Å². The fourth-order valence-electron chi connectivity index (χ4n) is 1.50. The minimum Gasteiger partial charge on any atom is -0.384 e. The molecule has 2 aromatic rings. The average molecular weight is 253 g/mol. The quantitative estimate of drug-likeness (QED) is 0.895. The van der Waals surface area contributed by atoms with Gasteiger partial charge in [0, 0.05) is 24.5 Å². The zero-order valence-corrected chi connectivity index (χ0v) is 9.28. The monoisotopic (exact) mass is 253 g/mol. The van der Waals surface area contributed by atoms with Crippen molar-refractivity contribution in [2.75, 3.05) is 5.73 Å². The predicted octanol–water partition coefficient (Wildman–Crippen LogP) is 2.67. The van der Waals surface area contributed by atoms with Gasteiger partial charge in [0.05, 0.1) is 5.56 Å². The Labute approximate surface area is 101 Å². The average Bonchev–Trinajstić information content (AvgIpc) is 2.31. The third kappa shape index (κ3) is 2.97. The highest BCUT2D eigenvalue weighted by molar-refractivity contribution is 5.31. The maximum atomic E-state index is 12.5. The highest BCUT2D eigenvalue weighted by Gasteiger charge is 2.30. The Hall–Kier alpha value is -2.11. The molecule has 0 amide bonds. The van der Waals surface area contributed by atoms with Crippen LogP contribution in [0, 0.1) is 0 Å². The van der Waals surface area contributed by atoms with Crippen molar-refractivity contribution < 1.29 is 13.2 Å². The number of nitrogen functional groups attached to an aromatic ring is 1. The zero-order chi connectivity index (χ0) is 13.2. The Morgan fingerprint density at radius 3 is 2.50 bits per heavy atom. The van der Waals surface area contributed by atoms with Gasteiger partial charge in [0.25, 0.3) is 0 Å². The molecule has 2 rings (SSSR count). The van der Waals surface area contributed by atoms with E-state index in [-0.39, 0.29) is 6.42 Å². The number of rotatable bonds is 2. The molecule has 0 spiro atoms. The molecule has 0 saturated carbocycles. The van der Waals surface area contributed by atoms with Crippen LogP contribution >= 0.6 is 0 Å². The summed E-state index contributed by atoms with van der Waals surface area (Å²) >= 11 is 0. The lowest BCUT2D eigenvalue weighted by atomic mass is 10.1. The standard InChI is InChI=1S/C12H10F3N3/c13-12(14,15)9-3-4-17-10(6-9)5-8-1-2-11(16)18-7-8/h1-4,6-7H,5H2,(H2,16,18). The molecule has 94 valence electrons. The highest BCUT2D eigenvalue weighted by atomic mass is 19.4. The summed E-state index contributed by atoms with van der Waals surface area (Å²) in [6.45, 7) is 0. The summed E-state index contributed by atoms with van der Waals surface area (Å²) in [6.07, 6.45) is -1.38. The molecule has 3 nitrogen and oxygen atoms in total. The number of anilines is 1. The minimum atomic E-state index is -4.35. The lowest BCUT2D eigenvalue weighted by Gasteiger charge is -2.08. The number of nitrogens with two attached hydrogens (primary N) is 1. The molecule has 0 bridgehead atoms. The van der Waals surface area contributed by atoms with Gasteiger partial charge in [0.2, 0.25) is 0 Å². The van der Waals surface area contributed by atoms with Crippen molar-refractivity contribution in [2.45, 2.75) is 12.6 Å². The number of aromatic nitrogens is 2. The number of nitrogens with zero attached hydrogens (tertiary/aromatic N) is 2. The largest absolute Gasteiger partial charge is 0.416 e. The molecule has 0 unspecified atom stereocenters. The van der Waals surface area contributed by atoms with Gasteiger partial charge in [0.15, 0.2) is 0 Å². The number of pyridine rings is 2. The van der Waals surface area contributed by atoms with Gasteiger partial charge in [-0.25, -0.2) is 4.98 Å². The first-order valence-electron chi connectivity index (χ1n) is 5.18. The van der Waals surface area contributed by atoms with Crippen LogP contribution in [-0.2, 0) is 12.6 Å². The van der Waals surface area contributed by atoms with E-state index >= 15 is 0 Å². The summed E-state index contributed by atoms with van der Waals surface area (Å²) in [5, 5.41) is 0. The van der Waals surface area contributed by atoms with Crippen molar-refractivity contribution >= 4 is 5.82 Å². The van der Waals surface area contributed by atoms with Crippen LogP contribution in [0.25, 0.3) is 0 Å². The van der Waals surface area contributed by atoms with Gasteiger partial charge in [-0.05, 0) is 23.8 Å². The van der Waals surface area contributed by atoms with Gasteiger partial charge < -0.3 is 5.73 Å². The predicted molar refractivity (Wildman–Crippen MR) is 60.7 cm³/mol. The van der Waals surface area contributed by atoms with E-state index in [9.17, 15) is 13.2 Å². The van der Waals surface area contributed by atoms with Crippen molar-refractivity contribution in [1.82, 2.24) is 9.97 Å². The third-order valence-corrected chi connectivity index (χ3v) is 2.38. The Morgan fingerprint density at radius 1 is 1.11 bits per heavy atom. The smallest absolute Gasteiger partial charge is 0.384 e. The molecule has 0 atom stereocenters. The zero-order valence-electron chi connectivity index (χ0n) is 9.28. The first-order valence-corrected chi connectivity index (χ1v) is 5.18. The van der Waals surface area contributed by atoms with Gasteiger partial charge in [-0.1, -0.05) is 6.07 Å². The van der Waals surface area contributed by atoms with Crippen LogP contribution in [0.1, 0.15) is 16.8 Å². The molecular formula is C12H10F3N3. The van der Waals surface area contributed by atoms with Crippen LogP contribution in [0.15, 0.2) is 36.7 Å². The Balaban J connectivity index is 2.22. The van der Waals surface area contributed by atoms with E-state index in [1.54, 1.807) is 12.1 Å². The fourth-order valence-corrected chi connectivity index (χ4v) is 1.50. The summed E-state index contributed by atoms with van der Waals surface area (Å²) in [5.41, 5.74) is 5.83. The molecule has 18 heavy (non-hydrogen) atoms. The highest BCUT2D eigenvalue weighted by Crippen LogP contribution is 2.29. The normalized spacial score (nSPS) is 11.5. The van der Waals surface area contributed by atoms with E-state index in [2.05, 4.69) is 9.97 Å². The molecule has 0 aliphatic carbocycles. The molecule has 0 fully saturated rings. The number of halogens is 3. The molecule has 0 aliphatic rings. The van der Waals surface area contributed by atoms with Crippen molar-refractivity contribution in [1.29, 1.82) is 0 Å². The second kappa shape index (κ2) is 4.64. The van der Waals surface area contributed by atoms with Crippen LogP contribution in [0.2, 0.25) is 0 Å². The molecule has 6 heteroatoms. The lowest BCUT2D eigenvalue weighted by Crippen LogP contribution is -2.06. The maximum Gasteiger partial charge on any atom is 0.416 e. The molecule has 0 aromatic carbocycles. The van der Waals surface area contributed by atoms with E-state index in [4.69, 9.17) is 5.73 Å². The summed E-state index contributed by atoms with van der Waals surface area (Å²) in [4.78, 5) is 7.79. The van der Waals surface area contributed by atoms with Crippen LogP contribution in [0.5, 0.6) is 0 Å². The van der Waals surface area contributed by atoms with E-state index in [0.717, 1.165) is 23.9 Å². The number of hydrogen-bond donors (Lipinski definition) is 1. The van der Waals surface area contributed by atoms with Crippen LogP contribution in [-0.4, -0.2) is 9.97 Å². The minimum absolute atomic E-state index is 0.289. The van der Waals surface area contributed by atoms with E-state index in [1.807, 2.05) is 0 Å². The summed E-state index contributed by atoms with van der Waals surface area (Å²) in [5.74, 6) is 0.371. The molecule has 2 aromatic heterocycles. The second-order valence-corrected chi connectivity index (χ2v) is 3.80. The fraction of sp³-hybridized carbons (Fsp3) is 0.167. The SMILES string of the molecule is Nc1ccc(Cc2cc(C(F)(F)F)ccn2)cn1. The van der Waals surface area contributed by atoms with Crippen molar-refractivity contribution in [3.63, 3.8) is 0 Å². The van der Waals surface area contributed by atoms with Crippen molar-refractivity contribution in [3.8, 4) is 0 Å². The van der Waals surface area contributed by atoms with Gasteiger partial charge in [-0.2, -0.15) is 13.2 Å².